The van der Waals surface area contributed by atoms with Crippen LogP contribution in [-0.4, -0.2) is 4.98 Å². The van der Waals surface area contributed by atoms with Crippen molar-refractivity contribution in [2.75, 3.05) is 4.90 Å². The molecule has 0 aliphatic rings. The Morgan fingerprint density at radius 2 is 1.02 bits per heavy atom. The van der Waals surface area contributed by atoms with Crippen LogP contribution in [0.2, 0.25) is 0 Å². The third kappa shape index (κ3) is 5.01. The van der Waals surface area contributed by atoms with Crippen molar-refractivity contribution in [3.05, 3.63) is 182 Å². The van der Waals surface area contributed by atoms with Crippen molar-refractivity contribution >= 4 is 81.6 Å². The molecule has 0 aliphatic heterocycles. The van der Waals surface area contributed by atoms with Gasteiger partial charge in [-0.25, -0.2) is 4.98 Å². The van der Waals surface area contributed by atoms with Gasteiger partial charge in [0, 0.05) is 42.5 Å². The molecule has 3 heterocycles. The van der Waals surface area contributed by atoms with E-state index in [9.17, 15) is 0 Å². The third-order valence-corrected chi connectivity index (χ3v) is 11.5. The summed E-state index contributed by atoms with van der Waals surface area (Å²) in [6.45, 7) is 0. The summed E-state index contributed by atoms with van der Waals surface area (Å²) in [7, 11) is 0. The number of aromatic nitrogens is 1. The van der Waals surface area contributed by atoms with E-state index in [1.54, 1.807) is 0 Å². The highest BCUT2D eigenvalue weighted by molar-refractivity contribution is 7.26. The minimum Gasteiger partial charge on any atom is -0.456 e. The number of hydrogen-bond donors (Lipinski definition) is 0. The number of fused-ring (bicyclic) bond motifs is 8. The standard InChI is InChI=1S/C49H30N2O2S/c1-3-10-31(11-4-1)32-18-23-36(24-19-32)51(40-15-9-17-45-46(40)39-14-7-8-16-44(39)54-45)37-25-20-33(21-26-37)35-22-27-38-43(30-35)52-41-28-29-42-48(47(38)41)50-49(53-42)34-12-5-2-6-13-34/h1-30H. The first-order chi connectivity index (χ1) is 26.7. The van der Waals surface area contributed by atoms with Gasteiger partial charge in [0.1, 0.15) is 16.7 Å². The Labute approximate surface area is 314 Å². The summed E-state index contributed by atoms with van der Waals surface area (Å²) >= 11 is 1.84. The normalized spacial score (nSPS) is 11.7. The first kappa shape index (κ1) is 30.7. The SMILES string of the molecule is c1ccc(-c2ccc(N(c3ccc(-c4ccc5c(c4)oc4ccc6oc(-c7ccccc7)nc6c45)cc3)c3cccc4sc5ccccc5c34)cc2)cc1. The fourth-order valence-corrected chi connectivity index (χ4v) is 8.87. The van der Waals surface area contributed by atoms with E-state index in [-0.39, 0.29) is 0 Å². The maximum absolute atomic E-state index is 6.44. The third-order valence-electron chi connectivity index (χ3n) is 10.3. The zero-order valence-electron chi connectivity index (χ0n) is 28.9. The average molecular weight is 711 g/mol. The minimum atomic E-state index is 0.605. The molecule has 0 radical (unpaired) electrons. The lowest BCUT2D eigenvalue weighted by atomic mass is 10.0. The number of thiophene rings is 1. The predicted octanol–water partition coefficient (Wildman–Crippen LogP) is 14.6. The topological polar surface area (TPSA) is 42.4 Å². The van der Waals surface area contributed by atoms with E-state index in [1.165, 1.54) is 31.3 Å². The van der Waals surface area contributed by atoms with Crippen molar-refractivity contribution in [1.29, 1.82) is 0 Å². The minimum absolute atomic E-state index is 0.605. The van der Waals surface area contributed by atoms with Crippen LogP contribution in [0.3, 0.4) is 0 Å². The van der Waals surface area contributed by atoms with Crippen LogP contribution in [0.5, 0.6) is 0 Å². The predicted molar refractivity (Wildman–Crippen MR) is 225 cm³/mol. The van der Waals surface area contributed by atoms with Crippen molar-refractivity contribution in [1.82, 2.24) is 4.98 Å². The lowest BCUT2D eigenvalue weighted by Crippen LogP contribution is -2.10. The molecule has 0 saturated carbocycles. The van der Waals surface area contributed by atoms with Gasteiger partial charge in [0.25, 0.3) is 0 Å². The maximum Gasteiger partial charge on any atom is 0.227 e. The van der Waals surface area contributed by atoms with Gasteiger partial charge < -0.3 is 13.7 Å². The Morgan fingerprint density at radius 3 is 1.78 bits per heavy atom. The van der Waals surface area contributed by atoms with E-state index in [0.29, 0.717) is 5.89 Å². The van der Waals surface area contributed by atoms with Crippen LogP contribution in [-0.2, 0) is 0 Å². The lowest BCUT2D eigenvalue weighted by molar-refractivity contribution is 0.619. The quantitative estimate of drug-likeness (QED) is 0.172. The summed E-state index contributed by atoms with van der Waals surface area (Å²) in [4.78, 5) is 7.30. The van der Waals surface area contributed by atoms with Gasteiger partial charge in [-0.15, -0.1) is 11.3 Å². The Morgan fingerprint density at radius 1 is 0.407 bits per heavy atom. The molecule has 254 valence electrons. The zero-order chi connectivity index (χ0) is 35.6. The van der Waals surface area contributed by atoms with Crippen LogP contribution < -0.4 is 4.90 Å². The summed E-state index contributed by atoms with van der Waals surface area (Å²) in [6, 6.07) is 64.0. The van der Waals surface area contributed by atoms with Crippen LogP contribution in [0.4, 0.5) is 17.1 Å². The van der Waals surface area contributed by atoms with Crippen molar-refractivity contribution < 1.29 is 8.83 Å². The summed E-state index contributed by atoms with van der Waals surface area (Å²) < 4.78 is 15.2. The second kappa shape index (κ2) is 12.3. The van der Waals surface area contributed by atoms with Crippen LogP contribution in [0, 0.1) is 0 Å². The van der Waals surface area contributed by atoms with Crippen molar-refractivity contribution in [3.8, 4) is 33.7 Å². The highest BCUT2D eigenvalue weighted by Crippen LogP contribution is 2.45. The summed E-state index contributed by atoms with van der Waals surface area (Å²) in [5, 5.41) is 4.53. The van der Waals surface area contributed by atoms with Gasteiger partial charge in [0.15, 0.2) is 5.58 Å². The van der Waals surface area contributed by atoms with Gasteiger partial charge in [-0.2, -0.15) is 0 Å². The second-order valence-electron chi connectivity index (χ2n) is 13.5. The van der Waals surface area contributed by atoms with E-state index in [4.69, 9.17) is 13.8 Å². The molecule has 0 unspecified atom stereocenters. The van der Waals surface area contributed by atoms with Crippen molar-refractivity contribution in [3.63, 3.8) is 0 Å². The number of oxazole rings is 1. The fraction of sp³-hybridized carbons (Fsp3) is 0. The molecular formula is C49H30N2O2S. The van der Waals surface area contributed by atoms with E-state index in [2.05, 4.69) is 144 Å². The lowest BCUT2D eigenvalue weighted by Gasteiger charge is -2.27. The molecule has 0 saturated heterocycles. The van der Waals surface area contributed by atoms with Crippen LogP contribution in [0.15, 0.2) is 191 Å². The molecular weight excluding hydrogens is 681 g/mol. The molecule has 0 N–H and O–H groups in total. The molecule has 4 nitrogen and oxygen atoms in total. The second-order valence-corrected chi connectivity index (χ2v) is 14.6. The molecule has 0 bridgehead atoms. The number of anilines is 3. The maximum atomic E-state index is 6.44. The molecule has 5 heteroatoms. The Hall–Kier alpha value is -6.95. The molecule has 8 aromatic carbocycles. The van der Waals surface area contributed by atoms with Crippen molar-refractivity contribution in [2.45, 2.75) is 0 Å². The van der Waals surface area contributed by atoms with Crippen LogP contribution in [0.1, 0.15) is 0 Å². The van der Waals surface area contributed by atoms with Gasteiger partial charge in [0.2, 0.25) is 5.89 Å². The molecule has 54 heavy (non-hydrogen) atoms. The number of furan rings is 1. The highest BCUT2D eigenvalue weighted by atomic mass is 32.1. The zero-order valence-corrected chi connectivity index (χ0v) is 29.8. The first-order valence-corrected chi connectivity index (χ1v) is 18.8. The van der Waals surface area contributed by atoms with Crippen LogP contribution in [0.25, 0.3) is 86.9 Å². The molecule has 11 aromatic rings. The molecule has 0 spiro atoms. The van der Waals surface area contributed by atoms with E-state index >= 15 is 0 Å². The Balaban J connectivity index is 1.00. The number of rotatable bonds is 6. The molecule has 0 amide bonds. The summed E-state index contributed by atoms with van der Waals surface area (Å²) in [5.74, 6) is 0.605. The van der Waals surface area contributed by atoms with Gasteiger partial charge in [-0.05, 0) is 101 Å². The van der Waals surface area contributed by atoms with E-state index in [0.717, 1.165) is 66.8 Å². The fourth-order valence-electron chi connectivity index (χ4n) is 7.74. The molecule has 0 aliphatic carbocycles. The van der Waals surface area contributed by atoms with Crippen LogP contribution >= 0.6 is 11.3 Å². The Kier molecular flexibility index (Phi) is 7.00. The number of hydrogen-bond acceptors (Lipinski definition) is 5. The number of nitrogens with zero attached hydrogens (tertiary/aromatic N) is 2. The smallest absolute Gasteiger partial charge is 0.227 e. The Bertz CT molecular complexity index is 3140. The van der Waals surface area contributed by atoms with Gasteiger partial charge in [-0.3, -0.25) is 0 Å². The van der Waals surface area contributed by atoms with Gasteiger partial charge in [0.05, 0.1) is 11.1 Å². The highest BCUT2D eigenvalue weighted by Gasteiger charge is 2.20. The molecule has 11 rings (SSSR count). The first-order valence-electron chi connectivity index (χ1n) is 18.0. The molecule has 3 aromatic heterocycles. The average Bonchev–Trinajstić information content (AvgIpc) is 3.95. The molecule has 0 fully saturated rings. The summed E-state index contributed by atoms with van der Waals surface area (Å²) in [6.07, 6.45) is 0. The largest absolute Gasteiger partial charge is 0.456 e. The van der Waals surface area contributed by atoms with E-state index < -0.39 is 0 Å². The van der Waals surface area contributed by atoms with E-state index in [1.807, 2.05) is 53.8 Å². The number of benzene rings is 8. The summed E-state index contributed by atoms with van der Waals surface area (Å²) in [5.41, 5.74) is 12.0. The monoisotopic (exact) mass is 710 g/mol. The van der Waals surface area contributed by atoms with Gasteiger partial charge >= 0.3 is 0 Å². The molecule has 0 atom stereocenters. The van der Waals surface area contributed by atoms with Crippen molar-refractivity contribution in [2.24, 2.45) is 0 Å². The van der Waals surface area contributed by atoms with Gasteiger partial charge in [-0.1, -0.05) is 103 Å².